The summed E-state index contributed by atoms with van der Waals surface area (Å²) in [5.41, 5.74) is 0.996. The van der Waals surface area contributed by atoms with E-state index in [1.807, 2.05) is 0 Å². The maximum absolute atomic E-state index is 5.35. The van der Waals surface area contributed by atoms with Crippen LogP contribution in [0.1, 0.15) is 45.1 Å². The van der Waals surface area contributed by atoms with Crippen LogP contribution < -0.4 is 5.32 Å². The Labute approximate surface area is 111 Å². The van der Waals surface area contributed by atoms with Crippen LogP contribution in [-0.2, 0) is 13.1 Å². The Kier molecular flexibility index (Phi) is 6.98. The predicted octanol–water partition coefficient (Wildman–Crippen LogP) is 2.65. The number of aromatic nitrogens is 1. The van der Waals surface area contributed by atoms with E-state index >= 15 is 0 Å². The summed E-state index contributed by atoms with van der Waals surface area (Å²) in [6, 6.07) is 2.05. The van der Waals surface area contributed by atoms with Crippen molar-refractivity contribution in [3.05, 3.63) is 17.5 Å². The Hall–Kier alpha value is -0.870. The highest BCUT2D eigenvalue weighted by Gasteiger charge is 2.09. The van der Waals surface area contributed by atoms with Crippen LogP contribution in [0.3, 0.4) is 0 Å². The molecule has 1 aromatic heterocycles. The summed E-state index contributed by atoms with van der Waals surface area (Å²) in [4.78, 5) is 2.29. The fourth-order valence-corrected chi connectivity index (χ4v) is 1.90. The molecular formula is C14H27N3O. The van der Waals surface area contributed by atoms with Gasteiger partial charge in [-0.15, -0.1) is 0 Å². The highest BCUT2D eigenvalue weighted by atomic mass is 16.5. The number of nitrogens with zero attached hydrogens (tertiary/aromatic N) is 2. The summed E-state index contributed by atoms with van der Waals surface area (Å²) in [6.07, 6.45) is 2.36. The molecule has 4 nitrogen and oxygen atoms in total. The molecule has 1 N–H and O–H groups in total. The fourth-order valence-electron chi connectivity index (χ4n) is 1.90. The van der Waals surface area contributed by atoms with Gasteiger partial charge in [0.1, 0.15) is 0 Å². The zero-order valence-electron chi connectivity index (χ0n) is 12.2. The largest absolute Gasteiger partial charge is 0.360 e. The molecule has 1 aromatic rings. The average Bonchev–Trinajstić information content (AvgIpc) is 2.76. The number of hydrogen-bond acceptors (Lipinski definition) is 4. The van der Waals surface area contributed by atoms with Crippen molar-refractivity contribution in [1.82, 2.24) is 15.4 Å². The molecule has 0 aliphatic carbocycles. The molecule has 1 heterocycles. The minimum atomic E-state index is 0.726. The molecule has 1 unspecified atom stereocenters. The van der Waals surface area contributed by atoms with Crippen molar-refractivity contribution in [2.24, 2.45) is 5.92 Å². The van der Waals surface area contributed by atoms with Crippen molar-refractivity contribution in [2.75, 3.05) is 20.1 Å². The quantitative estimate of drug-likeness (QED) is 0.687. The van der Waals surface area contributed by atoms with Crippen molar-refractivity contribution >= 4 is 0 Å². The lowest BCUT2D eigenvalue weighted by Gasteiger charge is -2.18. The van der Waals surface area contributed by atoms with E-state index in [1.165, 1.54) is 6.42 Å². The first-order valence-corrected chi connectivity index (χ1v) is 6.99. The van der Waals surface area contributed by atoms with Crippen molar-refractivity contribution in [1.29, 1.82) is 0 Å². The van der Waals surface area contributed by atoms with Crippen LogP contribution in [0.15, 0.2) is 10.6 Å². The number of nitrogens with one attached hydrogen (secondary N) is 1. The lowest BCUT2D eigenvalue weighted by Crippen LogP contribution is -2.23. The maximum Gasteiger partial charge on any atom is 0.151 e. The average molecular weight is 253 g/mol. The second-order valence-electron chi connectivity index (χ2n) is 5.17. The molecule has 1 rings (SSSR count). The Balaban J connectivity index is 2.34. The summed E-state index contributed by atoms with van der Waals surface area (Å²) in [5.74, 6) is 1.68. The zero-order chi connectivity index (χ0) is 13.4. The summed E-state index contributed by atoms with van der Waals surface area (Å²) in [7, 11) is 2.13. The van der Waals surface area contributed by atoms with Gasteiger partial charge in [-0.05, 0) is 25.9 Å². The topological polar surface area (TPSA) is 41.3 Å². The normalized spacial score (nSPS) is 13.2. The highest BCUT2D eigenvalue weighted by molar-refractivity contribution is 5.04. The van der Waals surface area contributed by atoms with Gasteiger partial charge in [0.15, 0.2) is 5.76 Å². The van der Waals surface area contributed by atoms with E-state index in [-0.39, 0.29) is 0 Å². The van der Waals surface area contributed by atoms with Crippen molar-refractivity contribution in [2.45, 2.75) is 46.7 Å². The van der Waals surface area contributed by atoms with E-state index < -0.39 is 0 Å². The van der Waals surface area contributed by atoms with Crippen LogP contribution in [0.4, 0.5) is 0 Å². The summed E-state index contributed by atoms with van der Waals surface area (Å²) in [6.45, 7) is 10.4. The van der Waals surface area contributed by atoms with Crippen molar-refractivity contribution in [3.63, 3.8) is 0 Å². The Bertz CT molecular complexity index is 325. The Morgan fingerprint density at radius 2 is 2.22 bits per heavy atom. The molecular weight excluding hydrogens is 226 g/mol. The molecule has 4 heteroatoms. The van der Waals surface area contributed by atoms with E-state index in [9.17, 15) is 0 Å². The molecule has 18 heavy (non-hydrogen) atoms. The van der Waals surface area contributed by atoms with Gasteiger partial charge in [-0.3, -0.25) is 4.90 Å². The molecule has 104 valence electrons. The second-order valence-corrected chi connectivity index (χ2v) is 5.17. The summed E-state index contributed by atoms with van der Waals surface area (Å²) < 4.78 is 5.35. The van der Waals surface area contributed by atoms with Gasteiger partial charge < -0.3 is 9.84 Å². The van der Waals surface area contributed by atoms with Gasteiger partial charge in [-0.2, -0.15) is 0 Å². The predicted molar refractivity (Wildman–Crippen MR) is 74.3 cm³/mol. The van der Waals surface area contributed by atoms with Crippen LogP contribution in [0, 0.1) is 5.92 Å². The standard InChI is InChI=1S/C14H27N3O/c1-5-7-15-9-13-8-14(18-16-13)11-17(4)10-12(3)6-2/h8,12,15H,5-7,9-11H2,1-4H3. The molecule has 0 aliphatic heterocycles. The van der Waals surface area contributed by atoms with Gasteiger partial charge in [-0.1, -0.05) is 32.3 Å². The Morgan fingerprint density at radius 3 is 2.89 bits per heavy atom. The van der Waals surface area contributed by atoms with E-state index in [2.05, 4.69) is 49.3 Å². The first-order chi connectivity index (χ1) is 8.65. The summed E-state index contributed by atoms with van der Waals surface area (Å²) in [5, 5.41) is 7.40. The number of hydrogen-bond donors (Lipinski definition) is 1. The molecule has 0 radical (unpaired) electrons. The monoisotopic (exact) mass is 253 g/mol. The second kappa shape index (κ2) is 8.27. The van der Waals surface area contributed by atoms with E-state index in [4.69, 9.17) is 4.52 Å². The fraction of sp³-hybridized carbons (Fsp3) is 0.786. The molecule has 0 aromatic carbocycles. The third-order valence-electron chi connectivity index (χ3n) is 3.09. The maximum atomic E-state index is 5.35. The molecule has 0 saturated carbocycles. The van der Waals surface area contributed by atoms with Crippen molar-refractivity contribution < 1.29 is 4.52 Å². The lowest BCUT2D eigenvalue weighted by molar-refractivity contribution is 0.241. The van der Waals surface area contributed by atoms with Crippen LogP contribution in [0.5, 0.6) is 0 Å². The lowest BCUT2D eigenvalue weighted by atomic mass is 10.1. The minimum Gasteiger partial charge on any atom is -0.360 e. The van der Waals surface area contributed by atoms with Gasteiger partial charge >= 0.3 is 0 Å². The van der Waals surface area contributed by atoms with Crippen LogP contribution in [0.2, 0.25) is 0 Å². The number of rotatable bonds is 9. The van der Waals surface area contributed by atoms with Gasteiger partial charge in [0.2, 0.25) is 0 Å². The molecule has 0 bridgehead atoms. The molecule has 0 aliphatic rings. The first-order valence-electron chi connectivity index (χ1n) is 6.99. The highest BCUT2D eigenvalue weighted by Crippen LogP contribution is 2.09. The zero-order valence-corrected chi connectivity index (χ0v) is 12.2. The first kappa shape index (κ1) is 15.2. The molecule has 1 atom stereocenters. The van der Waals surface area contributed by atoms with Gasteiger partial charge in [0.05, 0.1) is 12.2 Å². The van der Waals surface area contributed by atoms with E-state index in [0.717, 1.165) is 50.0 Å². The van der Waals surface area contributed by atoms with Crippen LogP contribution in [-0.4, -0.2) is 30.2 Å². The third kappa shape index (κ3) is 5.65. The van der Waals surface area contributed by atoms with Crippen molar-refractivity contribution in [3.8, 4) is 0 Å². The summed E-state index contributed by atoms with van der Waals surface area (Å²) >= 11 is 0. The van der Waals surface area contributed by atoms with Gasteiger partial charge in [0, 0.05) is 19.2 Å². The van der Waals surface area contributed by atoms with Crippen LogP contribution in [0.25, 0.3) is 0 Å². The van der Waals surface area contributed by atoms with E-state index in [1.54, 1.807) is 0 Å². The minimum absolute atomic E-state index is 0.726. The third-order valence-corrected chi connectivity index (χ3v) is 3.09. The Morgan fingerprint density at radius 1 is 1.44 bits per heavy atom. The molecule has 0 fully saturated rings. The van der Waals surface area contributed by atoms with Gasteiger partial charge in [-0.25, -0.2) is 0 Å². The SMILES string of the molecule is CCCNCc1cc(CN(C)CC(C)CC)on1. The van der Waals surface area contributed by atoms with Gasteiger partial charge in [0.25, 0.3) is 0 Å². The van der Waals surface area contributed by atoms with E-state index in [0.29, 0.717) is 0 Å². The molecule has 0 saturated heterocycles. The molecule has 0 amide bonds. The smallest absolute Gasteiger partial charge is 0.151 e. The van der Waals surface area contributed by atoms with Crippen LogP contribution >= 0.6 is 0 Å². The molecule has 0 spiro atoms.